The van der Waals surface area contributed by atoms with Crippen LogP contribution in [0.25, 0.3) is 5.69 Å². The third-order valence-corrected chi connectivity index (χ3v) is 4.00. The summed E-state index contributed by atoms with van der Waals surface area (Å²) in [5.74, 6) is 0.126. The van der Waals surface area contributed by atoms with E-state index in [9.17, 15) is 9.59 Å². The van der Waals surface area contributed by atoms with Gasteiger partial charge in [0.1, 0.15) is 23.4 Å². The van der Waals surface area contributed by atoms with E-state index in [0.29, 0.717) is 30.7 Å². The van der Waals surface area contributed by atoms with Crippen LogP contribution in [0.5, 0.6) is 0 Å². The van der Waals surface area contributed by atoms with Gasteiger partial charge in [-0.25, -0.2) is 19.6 Å². The highest BCUT2D eigenvalue weighted by Gasteiger charge is 2.14. The molecule has 0 unspecified atom stereocenters. The summed E-state index contributed by atoms with van der Waals surface area (Å²) in [5.41, 5.74) is 2.37. The molecule has 0 aliphatic carbocycles. The van der Waals surface area contributed by atoms with Gasteiger partial charge in [-0.05, 0) is 30.0 Å². The quantitative estimate of drug-likeness (QED) is 0.571. The minimum Gasteiger partial charge on any atom is -0.292 e. The lowest BCUT2D eigenvalue weighted by molar-refractivity contribution is 0.0962. The number of aromatic nitrogens is 5. The maximum absolute atomic E-state index is 12.5. The largest absolute Gasteiger partial charge is 0.292 e. The van der Waals surface area contributed by atoms with Gasteiger partial charge in [0.15, 0.2) is 11.6 Å². The SMILES string of the molecule is CC(C)CC(=O)c1cccc(C(=O)CCc2cnn(-c3cncnc3)c2)n1. The Balaban J connectivity index is 1.63. The maximum atomic E-state index is 12.5. The van der Waals surface area contributed by atoms with Gasteiger partial charge in [-0.2, -0.15) is 5.10 Å². The second-order valence-corrected chi connectivity index (χ2v) is 6.74. The zero-order chi connectivity index (χ0) is 19.2. The minimum absolute atomic E-state index is 0.0361. The van der Waals surface area contributed by atoms with Crippen LogP contribution in [0.15, 0.2) is 49.3 Å². The van der Waals surface area contributed by atoms with E-state index in [1.54, 1.807) is 41.5 Å². The Hall–Kier alpha value is -3.22. The summed E-state index contributed by atoms with van der Waals surface area (Å²) in [6.07, 6.45) is 9.62. The minimum atomic E-state index is -0.0926. The first-order valence-corrected chi connectivity index (χ1v) is 8.85. The van der Waals surface area contributed by atoms with Crippen LogP contribution in [-0.4, -0.2) is 36.3 Å². The fraction of sp³-hybridized carbons (Fsp3) is 0.300. The second-order valence-electron chi connectivity index (χ2n) is 6.74. The molecule has 3 aromatic rings. The summed E-state index contributed by atoms with van der Waals surface area (Å²) in [6.45, 7) is 3.96. The number of hydrogen-bond acceptors (Lipinski definition) is 6. The lowest BCUT2D eigenvalue weighted by Gasteiger charge is -2.05. The first-order chi connectivity index (χ1) is 13.0. The van der Waals surface area contributed by atoms with Crippen LogP contribution in [0.4, 0.5) is 0 Å². The fourth-order valence-electron chi connectivity index (χ4n) is 2.65. The molecule has 0 aromatic carbocycles. The normalized spacial score (nSPS) is 10.9. The van der Waals surface area contributed by atoms with E-state index >= 15 is 0 Å². The highest BCUT2D eigenvalue weighted by atomic mass is 16.1. The van der Waals surface area contributed by atoms with Crippen LogP contribution in [0.3, 0.4) is 0 Å². The highest BCUT2D eigenvalue weighted by Crippen LogP contribution is 2.12. The zero-order valence-corrected chi connectivity index (χ0v) is 15.4. The number of carbonyl (C=O) groups excluding carboxylic acids is 2. The molecule has 0 radical (unpaired) electrons. The molecular weight excluding hydrogens is 342 g/mol. The van der Waals surface area contributed by atoms with Crippen molar-refractivity contribution in [2.45, 2.75) is 33.1 Å². The van der Waals surface area contributed by atoms with E-state index in [1.807, 2.05) is 20.0 Å². The first kappa shape index (κ1) is 18.6. The van der Waals surface area contributed by atoms with Crippen molar-refractivity contribution in [2.75, 3.05) is 0 Å². The number of aryl methyl sites for hydroxylation is 1. The number of Topliss-reactive ketones (excluding diaryl/α,β-unsaturated/α-hetero) is 2. The maximum Gasteiger partial charge on any atom is 0.181 e. The van der Waals surface area contributed by atoms with E-state index in [4.69, 9.17) is 0 Å². The summed E-state index contributed by atoms with van der Waals surface area (Å²) in [5, 5.41) is 4.27. The molecule has 0 amide bonds. The molecule has 3 rings (SSSR count). The summed E-state index contributed by atoms with van der Waals surface area (Å²) in [4.78, 5) is 36.8. The summed E-state index contributed by atoms with van der Waals surface area (Å²) < 4.78 is 1.67. The Morgan fingerprint density at radius 3 is 2.44 bits per heavy atom. The number of nitrogens with zero attached hydrogens (tertiary/aromatic N) is 5. The highest BCUT2D eigenvalue weighted by molar-refractivity contribution is 5.98. The van der Waals surface area contributed by atoms with Gasteiger partial charge in [-0.15, -0.1) is 0 Å². The average molecular weight is 363 g/mol. The Morgan fingerprint density at radius 2 is 1.74 bits per heavy atom. The van der Waals surface area contributed by atoms with Crippen LogP contribution in [0, 0.1) is 5.92 Å². The van der Waals surface area contributed by atoms with E-state index in [0.717, 1.165) is 11.3 Å². The summed E-state index contributed by atoms with van der Waals surface area (Å²) in [7, 11) is 0. The van der Waals surface area contributed by atoms with Crippen molar-refractivity contribution < 1.29 is 9.59 Å². The molecule has 0 N–H and O–H groups in total. The van der Waals surface area contributed by atoms with Crippen molar-refractivity contribution in [3.8, 4) is 5.69 Å². The van der Waals surface area contributed by atoms with E-state index in [2.05, 4.69) is 20.1 Å². The molecule has 0 atom stereocenters. The molecule has 7 nitrogen and oxygen atoms in total. The molecule has 0 saturated heterocycles. The van der Waals surface area contributed by atoms with Crippen molar-refractivity contribution in [1.82, 2.24) is 24.7 Å². The Morgan fingerprint density at radius 1 is 1.04 bits per heavy atom. The fourth-order valence-corrected chi connectivity index (χ4v) is 2.65. The van der Waals surface area contributed by atoms with Gasteiger partial charge in [0.25, 0.3) is 0 Å². The molecule has 27 heavy (non-hydrogen) atoms. The smallest absolute Gasteiger partial charge is 0.181 e. The van der Waals surface area contributed by atoms with Crippen molar-refractivity contribution in [3.05, 3.63) is 66.3 Å². The lowest BCUT2D eigenvalue weighted by atomic mass is 10.0. The molecule has 138 valence electrons. The van der Waals surface area contributed by atoms with E-state index < -0.39 is 0 Å². The molecule has 3 heterocycles. The van der Waals surface area contributed by atoms with Crippen LogP contribution < -0.4 is 0 Å². The van der Waals surface area contributed by atoms with Gasteiger partial charge in [0.2, 0.25) is 0 Å². The van der Waals surface area contributed by atoms with Crippen molar-refractivity contribution in [1.29, 1.82) is 0 Å². The topological polar surface area (TPSA) is 90.6 Å². The molecule has 0 aliphatic rings. The van der Waals surface area contributed by atoms with Gasteiger partial charge in [-0.1, -0.05) is 19.9 Å². The molecule has 0 saturated carbocycles. The number of hydrogen-bond donors (Lipinski definition) is 0. The third-order valence-electron chi connectivity index (χ3n) is 4.00. The summed E-state index contributed by atoms with van der Waals surface area (Å²) in [6, 6.07) is 5.02. The number of pyridine rings is 1. The van der Waals surface area contributed by atoms with E-state index in [1.165, 1.54) is 6.33 Å². The van der Waals surface area contributed by atoms with E-state index in [-0.39, 0.29) is 17.5 Å². The molecule has 7 heteroatoms. The number of rotatable bonds is 8. The molecular formula is C20H21N5O2. The van der Waals surface area contributed by atoms with Gasteiger partial charge in [0.05, 0.1) is 18.6 Å². The van der Waals surface area contributed by atoms with Crippen molar-refractivity contribution in [3.63, 3.8) is 0 Å². The Bertz CT molecular complexity index is 934. The predicted octanol–water partition coefficient (Wildman–Crippen LogP) is 3.10. The average Bonchev–Trinajstić information content (AvgIpc) is 3.15. The number of carbonyl (C=O) groups is 2. The molecule has 3 aromatic heterocycles. The predicted molar refractivity (Wildman–Crippen MR) is 99.8 cm³/mol. The molecule has 0 fully saturated rings. The van der Waals surface area contributed by atoms with Crippen molar-refractivity contribution in [2.24, 2.45) is 5.92 Å². The van der Waals surface area contributed by atoms with Gasteiger partial charge in [-0.3, -0.25) is 9.59 Å². The summed E-state index contributed by atoms with van der Waals surface area (Å²) >= 11 is 0. The third kappa shape index (κ3) is 4.91. The van der Waals surface area contributed by atoms with Crippen LogP contribution in [-0.2, 0) is 6.42 Å². The van der Waals surface area contributed by atoms with Crippen LogP contribution in [0.2, 0.25) is 0 Å². The van der Waals surface area contributed by atoms with Crippen LogP contribution in [0.1, 0.15) is 53.2 Å². The molecule has 0 bridgehead atoms. The number of ketones is 2. The Labute approximate surface area is 157 Å². The van der Waals surface area contributed by atoms with Crippen LogP contribution >= 0.6 is 0 Å². The zero-order valence-electron chi connectivity index (χ0n) is 15.4. The van der Waals surface area contributed by atoms with Gasteiger partial charge < -0.3 is 0 Å². The van der Waals surface area contributed by atoms with Crippen molar-refractivity contribution >= 4 is 11.6 Å². The van der Waals surface area contributed by atoms with Gasteiger partial charge in [0, 0.05) is 19.0 Å². The monoisotopic (exact) mass is 363 g/mol. The standard InChI is InChI=1S/C20H21N5O2/c1-14(2)8-20(27)18-5-3-4-17(24-18)19(26)7-6-15-9-23-25(12-15)16-10-21-13-22-11-16/h3-5,9-14H,6-8H2,1-2H3. The van der Waals surface area contributed by atoms with Gasteiger partial charge >= 0.3 is 0 Å². The second kappa shape index (κ2) is 8.44. The molecule has 0 aliphatic heterocycles. The first-order valence-electron chi connectivity index (χ1n) is 8.85. The molecule has 0 spiro atoms. The lowest BCUT2D eigenvalue weighted by Crippen LogP contribution is -2.10. The Kier molecular flexibility index (Phi) is 5.80.